The summed E-state index contributed by atoms with van der Waals surface area (Å²) in [5.74, 6) is 0.961. The number of aromatic nitrogens is 1. The second-order valence-electron chi connectivity index (χ2n) is 5.07. The fourth-order valence-corrected chi connectivity index (χ4v) is 3.85. The molecule has 0 radical (unpaired) electrons. The summed E-state index contributed by atoms with van der Waals surface area (Å²) in [6.45, 7) is 3.99. The molecule has 0 aromatic carbocycles. The fourth-order valence-electron chi connectivity index (χ4n) is 2.58. The van der Waals surface area contributed by atoms with Gasteiger partial charge < -0.3 is 9.73 Å². The van der Waals surface area contributed by atoms with Crippen LogP contribution in [0.3, 0.4) is 0 Å². The molecule has 1 aliphatic carbocycles. The molecule has 0 saturated heterocycles. The molecule has 4 heteroatoms. The lowest BCUT2D eigenvalue weighted by Gasteiger charge is -2.08. The SMILES string of the molecule is CCCNCc1ncoc1-c1cc2c(s1)CCCC2. The Hall–Kier alpha value is -1.13. The van der Waals surface area contributed by atoms with Gasteiger partial charge in [-0.3, -0.25) is 0 Å². The Morgan fingerprint density at radius 2 is 2.26 bits per heavy atom. The minimum Gasteiger partial charge on any atom is -0.442 e. The van der Waals surface area contributed by atoms with Crippen LogP contribution in [0.2, 0.25) is 0 Å². The van der Waals surface area contributed by atoms with Crippen molar-refractivity contribution < 1.29 is 4.42 Å². The average molecular weight is 276 g/mol. The minimum absolute atomic E-state index is 0.794. The third-order valence-corrected chi connectivity index (χ3v) is 4.82. The summed E-state index contributed by atoms with van der Waals surface area (Å²) in [7, 11) is 0. The Kier molecular flexibility index (Phi) is 3.99. The van der Waals surface area contributed by atoms with Crippen LogP contribution in [0.4, 0.5) is 0 Å². The molecule has 102 valence electrons. The van der Waals surface area contributed by atoms with Gasteiger partial charge in [0.25, 0.3) is 0 Å². The molecular formula is C15H20N2OS. The van der Waals surface area contributed by atoms with Crippen molar-refractivity contribution in [3.63, 3.8) is 0 Å². The van der Waals surface area contributed by atoms with E-state index in [-0.39, 0.29) is 0 Å². The first-order chi connectivity index (χ1) is 9.38. The lowest BCUT2D eigenvalue weighted by molar-refractivity contribution is 0.570. The van der Waals surface area contributed by atoms with Crippen LogP contribution in [-0.2, 0) is 19.4 Å². The van der Waals surface area contributed by atoms with Crippen LogP contribution < -0.4 is 5.32 Å². The van der Waals surface area contributed by atoms with Crippen LogP contribution in [0.5, 0.6) is 0 Å². The predicted octanol–water partition coefficient (Wildman–Crippen LogP) is 3.78. The van der Waals surface area contributed by atoms with E-state index in [4.69, 9.17) is 4.42 Å². The highest BCUT2D eigenvalue weighted by molar-refractivity contribution is 7.15. The van der Waals surface area contributed by atoms with Crippen molar-refractivity contribution in [2.24, 2.45) is 0 Å². The lowest BCUT2D eigenvalue weighted by Crippen LogP contribution is -2.14. The molecule has 2 aromatic rings. The zero-order chi connectivity index (χ0) is 13.1. The standard InChI is InChI=1S/C15H20N2OS/c1-2-7-16-9-12-15(18-10-17-12)14-8-11-5-3-4-6-13(11)19-14/h8,10,16H,2-7,9H2,1H3. The highest BCUT2D eigenvalue weighted by atomic mass is 32.1. The largest absolute Gasteiger partial charge is 0.442 e. The molecule has 0 unspecified atom stereocenters. The highest BCUT2D eigenvalue weighted by Gasteiger charge is 2.18. The molecule has 0 saturated carbocycles. The van der Waals surface area contributed by atoms with Gasteiger partial charge in [0.1, 0.15) is 5.69 Å². The van der Waals surface area contributed by atoms with Crippen molar-refractivity contribution in [1.82, 2.24) is 10.3 Å². The molecule has 0 aliphatic heterocycles. The molecule has 3 nitrogen and oxygen atoms in total. The Morgan fingerprint density at radius 1 is 1.37 bits per heavy atom. The van der Waals surface area contributed by atoms with Crippen molar-refractivity contribution in [3.8, 4) is 10.6 Å². The van der Waals surface area contributed by atoms with E-state index in [1.165, 1.54) is 36.1 Å². The Balaban J connectivity index is 1.81. The fraction of sp³-hybridized carbons (Fsp3) is 0.533. The van der Waals surface area contributed by atoms with Crippen molar-refractivity contribution in [3.05, 3.63) is 28.6 Å². The number of hydrogen-bond acceptors (Lipinski definition) is 4. The van der Waals surface area contributed by atoms with E-state index in [1.54, 1.807) is 11.3 Å². The Bertz CT molecular complexity index is 521. The first kappa shape index (κ1) is 12.9. The van der Waals surface area contributed by atoms with Crippen LogP contribution >= 0.6 is 11.3 Å². The van der Waals surface area contributed by atoms with Gasteiger partial charge >= 0.3 is 0 Å². The van der Waals surface area contributed by atoms with Gasteiger partial charge in [0.2, 0.25) is 0 Å². The van der Waals surface area contributed by atoms with E-state index in [0.717, 1.165) is 31.0 Å². The number of aryl methyl sites for hydroxylation is 2. The van der Waals surface area contributed by atoms with E-state index < -0.39 is 0 Å². The number of nitrogens with one attached hydrogen (secondary N) is 1. The minimum atomic E-state index is 0.794. The van der Waals surface area contributed by atoms with E-state index in [9.17, 15) is 0 Å². The second kappa shape index (κ2) is 5.88. The first-order valence-electron chi connectivity index (χ1n) is 7.13. The van der Waals surface area contributed by atoms with Crippen LogP contribution in [0.25, 0.3) is 10.6 Å². The second-order valence-corrected chi connectivity index (χ2v) is 6.21. The number of fused-ring (bicyclic) bond motifs is 1. The van der Waals surface area contributed by atoms with E-state index in [1.807, 2.05) is 11.3 Å². The van der Waals surface area contributed by atoms with E-state index in [0.29, 0.717) is 0 Å². The number of oxazole rings is 1. The maximum Gasteiger partial charge on any atom is 0.181 e. The molecule has 2 heterocycles. The Morgan fingerprint density at radius 3 is 3.11 bits per heavy atom. The zero-order valence-electron chi connectivity index (χ0n) is 11.4. The molecule has 0 atom stereocenters. The zero-order valence-corrected chi connectivity index (χ0v) is 12.2. The maximum absolute atomic E-state index is 5.62. The molecule has 2 aromatic heterocycles. The van der Waals surface area contributed by atoms with Crippen LogP contribution in [-0.4, -0.2) is 11.5 Å². The monoisotopic (exact) mass is 276 g/mol. The summed E-state index contributed by atoms with van der Waals surface area (Å²) < 4.78 is 5.62. The summed E-state index contributed by atoms with van der Waals surface area (Å²) in [6.07, 6.45) is 7.82. The van der Waals surface area contributed by atoms with Crippen molar-refractivity contribution >= 4 is 11.3 Å². The van der Waals surface area contributed by atoms with Crippen LogP contribution in [0, 0.1) is 0 Å². The number of hydrogen-bond donors (Lipinski definition) is 1. The molecule has 1 aliphatic rings. The molecule has 0 bridgehead atoms. The van der Waals surface area contributed by atoms with Gasteiger partial charge in [-0.15, -0.1) is 11.3 Å². The number of thiophene rings is 1. The maximum atomic E-state index is 5.62. The average Bonchev–Trinajstić information content (AvgIpc) is 3.04. The molecule has 0 spiro atoms. The summed E-state index contributed by atoms with van der Waals surface area (Å²) in [4.78, 5) is 7.14. The van der Waals surface area contributed by atoms with Gasteiger partial charge in [-0.2, -0.15) is 0 Å². The third kappa shape index (κ3) is 2.74. The van der Waals surface area contributed by atoms with Gasteiger partial charge in [0.15, 0.2) is 12.2 Å². The number of rotatable bonds is 5. The third-order valence-electron chi connectivity index (χ3n) is 3.58. The predicted molar refractivity (Wildman–Crippen MR) is 78.5 cm³/mol. The molecule has 3 rings (SSSR count). The first-order valence-corrected chi connectivity index (χ1v) is 7.95. The molecule has 19 heavy (non-hydrogen) atoms. The lowest BCUT2D eigenvalue weighted by atomic mass is 9.99. The quantitative estimate of drug-likeness (QED) is 0.845. The summed E-state index contributed by atoms with van der Waals surface area (Å²) in [5, 5.41) is 3.39. The summed E-state index contributed by atoms with van der Waals surface area (Å²) >= 11 is 1.88. The smallest absolute Gasteiger partial charge is 0.181 e. The Labute approximate surface area is 118 Å². The van der Waals surface area contributed by atoms with Gasteiger partial charge in [-0.05, 0) is 50.3 Å². The van der Waals surface area contributed by atoms with Crippen molar-refractivity contribution in [2.75, 3.05) is 6.54 Å². The van der Waals surface area contributed by atoms with Gasteiger partial charge in [-0.25, -0.2) is 4.98 Å². The molecular weight excluding hydrogens is 256 g/mol. The van der Waals surface area contributed by atoms with E-state index >= 15 is 0 Å². The van der Waals surface area contributed by atoms with Gasteiger partial charge in [0, 0.05) is 11.4 Å². The molecule has 0 amide bonds. The molecule has 0 fully saturated rings. The summed E-state index contributed by atoms with van der Waals surface area (Å²) in [6, 6.07) is 2.31. The highest BCUT2D eigenvalue weighted by Crippen LogP contribution is 2.36. The number of nitrogens with zero attached hydrogens (tertiary/aromatic N) is 1. The van der Waals surface area contributed by atoms with Crippen molar-refractivity contribution in [2.45, 2.75) is 45.6 Å². The van der Waals surface area contributed by atoms with Crippen molar-refractivity contribution in [1.29, 1.82) is 0 Å². The van der Waals surface area contributed by atoms with Crippen LogP contribution in [0.15, 0.2) is 16.9 Å². The van der Waals surface area contributed by atoms with Crippen LogP contribution in [0.1, 0.15) is 42.3 Å². The topological polar surface area (TPSA) is 38.1 Å². The van der Waals surface area contributed by atoms with E-state index in [2.05, 4.69) is 23.3 Å². The molecule has 1 N–H and O–H groups in total. The summed E-state index contributed by atoms with van der Waals surface area (Å²) in [5.41, 5.74) is 2.56. The van der Waals surface area contributed by atoms with Gasteiger partial charge in [-0.1, -0.05) is 6.92 Å². The van der Waals surface area contributed by atoms with Gasteiger partial charge in [0.05, 0.1) is 4.88 Å². The normalized spacial score (nSPS) is 14.6.